The molecule has 0 aliphatic heterocycles. The van der Waals surface area contributed by atoms with Crippen molar-refractivity contribution in [2.75, 3.05) is 0 Å². The van der Waals surface area contributed by atoms with E-state index in [0.29, 0.717) is 42.7 Å². The van der Waals surface area contributed by atoms with Crippen molar-refractivity contribution in [3.63, 3.8) is 0 Å². The van der Waals surface area contributed by atoms with Crippen LogP contribution in [-0.2, 0) is 17.8 Å². The zero-order valence-corrected chi connectivity index (χ0v) is 15.6. The lowest BCUT2D eigenvalue weighted by molar-refractivity contribution is -0.121. The van der Waals surface area contributed by atoms with E-state index in [9.17, 15) is 4.79 Å². The van der Waals surface area contributed by atoms with Gasteiger partial charge in [0, 0.05) is 30.8 Å². The lowest BCUT2D eigenvalue weighted by Crippen LogP contribution is -2.23. The quantitative estimate of drug-likeness (QED) is 0.483. The Balaban J connectivity index is 1.21. The van der Waals surface area contributed by atoms with Crippen molar-refractivity contribution in [1.29, 1.82) is 0 Å². The molecule has 4 rings (SSSR count). The number of hydrogen-bond acceptors (Lipinski definition) is 9. The molecule has 4 aromatic rings. The van der Waals surface area contributed by atoms with Crippen molar-refractivity contribution in [1.82, 2.24) is 30.6 Å². The van der Waals surface area contributed by atoms with Gasteiger partial charge in [-0.15, -0.1) is 11.3 Å². The molecule has 4 heterocycles. The van der Waals surface area contributed by atoms with E-state index in [2.05, 4.69) is 30.6 Å². The standard InChI is InChI=1S/C18H16N6O3S/c25-15(20-11-14-21-18(27-23-14)13-5-3-9-28-13)6-1-7-16-22-17(24-26-16)12-4-2-8-19-10-12/h2-5,8-10H,1,6-7,11H2,(H,20,25). The first kappa shape index (κ1) is 18.0. The Kier molecular flexibility index (Phi) is 5.48. The number of aryl methyl sites for hydroxylation is 1. The zero-order valence-electron chi connectivity index (χ0n) is 14.7. The molecule has 0 aliphatic rings. The second-order valence-corrected chi connectivity index (χ2v) is 6.82. The number of nitrogens with zero attached hydrogens (tertiary/aromatic N) is 5. The van der Waals surface area contributed by atoms with Crippen LogP contribution < -0.4 is 5.32 Å². The first-order chi connectivity index (χ1) is 13.8. The smallest absolute Gasteiger partial charge is 0.268 e. The summed E-state index contributed by atoms with van der Waals surface area (Å²) in [6.07, 6.45) is 4.80. The average molecular weight is 396 g/mol. The number of aromatic nitrogens is 5. The fraction of sp³-hybridized carbons (Fsp3) is 0.222. The van der Waals surface area contributed by atoms with Gasteiger partial charge in [-0.05, 0) is 30.0 Å². The Hall–Kier alpha value is -3.40. The van der Waals surface area contributed by atoms with E-state index in [1.165, 1.54) is 11.3 Å². The molecule has 4 aromatic heterocycles. The van der Waals surface area contributed by atoms with Gasteiger partial charge in [0.25, 0.3) is 5.89 Å². The van der Waals surface area contributed by atoms with Gasteiger partial charge in [0.15, 0.2) is 5.82 Å². The lowest BCUT2D eigenvalue weighted by atomic mass is 10.2. The summed E-state index contributed by atoms with van der Waals surface area (Å²) >= 11 is 1.52. The van der Waals surface area contributed by atoms with Crippen molar-refractivity contribution in [3.05, 3.63) is 53.8 Å². The Labute approximate surface area is 163 Å². The molecule has 10 heteroatoms. The number of carbonyl (C=O) groups is 1. The third-order valence-corrected chi connectivity index (χ3v) is 4.68. The molecule has 0 saturated heterocycles. The molecular weight excluding hydrogens is 380 g/mol. The number of carbonyl (C=O) groups excluding carboxylic acids is 1. The van der Waals surface area contributed by atoms with Crippen LogP contribution in [0.2, 0.25) is 0 Å². The van der Waals surface area contributed by atoms with E-state index >= 15 is 0 Å². The molecule has 1 amide bonds. The summed E-state index contributed by atoms with van der Waals surface area (Å²) in [7, 11) is 0. The second kappa shape index (κ2) is 8.53. The van der Waals surface area contributed by atoms with Gasteiger partial charge in [0.1, 0.15) is 0 Å². The van der Waals surface area contributed by atoms with Crippen LogP contribution in [0, 0.1) is 0 Å². The highest BCUT2D eigenvalue weighted by Gasteiger charge is 2.12. The van der Waals surface area contributed by atoms with Crippen LogP contribution in [0.3, 0.4) is 0 Å². The van der Waals surface area contributed by atoms with Gasteiger partial charge >= 0.3 is 0 Å². The molecule has 28 heavy (non-hydrogen) atoms. The molecule has 0 atom stereocenters. The maximum atomic E-state index is 12.0. The Morgan fingerprint density at radius 1 is 1.14 bits per heavy atom. The van der Waals surface area contributed by atoms with Gasteiger partial charge in [-0.2, -0.15) is 9.97 Å². The molecule has 0 saturated carbocycles. The lowest BCUT2D eigenvalue weighted by Gasteiger charge is -2.00. The number of thiophene rings is 1. The van der Waals surface area contributed by atoms with Crippen molar-refractivity contribution >= 4 is 17.2 Å². The summed E-state index contributed by atoms with van der Waals surface area (Å²) in [5, 5.41) is 12.5. The van der Waals surface area contributed by atoms with Crippen LogP contribution in [0.4, 0.5) is 0 Å². The van der Waals surface area contributed by atoms with E-state index in [0.717, 1.165) is 10.4 Å². The molecule has 0 aliphatic carbocycles. The maximum absolute atomic E-state index is 12.0. The van der Waals surface area contributed by atoms with E-state index in [1.54, 1.807) is 12.4 Å². The van der Waals surface area contributed by atoms with Crippen LogP contribution in [0.5, 0.6) is 0 Å². The minimum absolute atomic E-state index is 0.102. The molecule has 0 fully saturated rings. The Morgan fingerprint density at radius 3 is 2.93 bits per heavy atom. The molecule has 0 aromatic carbocycles. The topological polar surface area (TPSA) is 120 Å². The third kappa shape index (κ3) is 4.46. The van der Waals surface area contributed by atoms with Gasteiger partial charge in [-0.25, -0.2) is 0 Å². The van der Waals surface area contributed by atoms with E-state index in [-0.39, 0.29) is 12.5 Å². The van der Waals surface area contributed by atoms with E-state index < -0.39 is 0 Å². The van der Waals surface area contributed by atoms with Crippen molar-refractivity contribution in [2.45, 2.75) is 25.8 Å². The van der Waals surface area contributed by atoms with Crippen molar-refractivity contribution in [2.24, 2.45) is 0 Å². The number of rotatable bonds is 8. The van der Waals surface area contributed by atoms with E-state index in [4.69, 9.17) is 9.05 Å². The molecule has 142 valence electrons. The van der Waals surface area contributed by atoms with Crippen molar-refractivity contribution < 1.29 is 13.8 Å². The van der Waals surface area contributed by atoms with Crippen LogP contribution in [-0.4, -0.2) is 31.2 Å². The maximum Gasteiger partial charge on any atom is 0.268 e. The summed E-state index contributed by atoms with van der Waals surface area (Å²) in [5.74, 6) is 1.78. The fourth-order valence-electron chi connectivity index (χ4n) is 2.46. The third-order valence-electron chi connectivity index (χ3n) is 3.83. The Morgan fingerprint density at radius 2 is 2.11 bits per heavy atom. The predicted octanol–water partition coefficient (Wildman–Crippen LogP) is 2.88. The second-order valence-electron chi connectivity index (χ2n) is 5.88. The minimum atomic E-state index is -0.102. The highest BCUT2D eigenvalue weighted by atomic mass is 32.1. The van der Waals surface area contributed by atoms with Crippen LogP contribution in [0.25, 0.3) is 22.2 Å². The summed E-state index contributed by atoms with van der Waals surface area (Å²) in [6, 6.07) is 7.48. The largest absolute Gasteiger partial charge is 0.349 e. The van der Waals surface area contributed by atoms with Crippen LogP contribution in [0.1, 0.15) is 24.6 Å². The number of nitrogens with one attached hydrogen (secondary N) is 1. The van der Waals surface area contributed by atoms with Crippen LogP contribution in [0.15, 0.2) is 51.1 Å². The molecule has 9 nitrogen and oxygen atoms in total. The highest BCUT2D eigenvalue weighted by molar-refractivity contribution is 7.13. The van der Waals surface area contributed by atoms with Gasteiger partial charge in [-0.3, -0.25) is 9.78 Å². The summed E-state index contributed by atoms with van der Waals surface area (Å²) < 4.78 is 10.4. The Bertz CT molecular complexity index is 1030. The molecular formula is C18H16N6O3S. The molecule has 1 N–H and O–H groups in total. The van der Waals surface area contributed by atoms with Gasteiger partial charge < -0.3 is 14.4 Å². The molecule has 0 unspecified atom stereocenters. The van der Waals surface area contributed by atoms with Crippen LogP contribution >= 0.6 is 11.3 Å². The van der Waals surface area contributed by atoms with E-state index in [1.807, 2.05) is 29.6 Å². The van der Waals surface area contributed by atoms with Gasteiger partial charge in [0.05, 0.1) is 11.4 Å². The first-order valence-electron chi connectivity index (χ1n) is 8.64. The normalized spacial score (nSPS) is 10.9. The molecule has 0 radical (unpaired) electrons. The number of amides is 1. The van der Waals surface area contributed by atoms with Gasteiger partial charge in [0.2, 0.25) is 17.6 Å². The summed E-state index contributed by atoms with van der Waals surface area (Å²) in [6.45, 7) is 0.222. The van der Waals surface area contributed by atoms with Crippen molar-refractivity contribution in [3.8, 4) is 22.2 Å². The fourth-order valence-corrected chi connectivity index (χ4v) is 3.11. The predicted molar refractivity (Wildman–Crippen MR) is 99.9 cm³/mol. The summed E-state index contributed by atoms with van der Waals surface area (Å²) in [5.41, 5.74) is 0.789. The first-order valence-corrected chi connectivity index (χ1v) is 9.52. The highest BCUT2D eigenvalue weighted by Crippen LogP contribution is 2.22. The van der Waals surface area contributed by atoms with Gasteiger partial charge in [-0.1, -0.05) is 16.4 Å². The summed E-state index contributed by atoms with van der Waals surface area (Å²) in [4.78, 5) is 25.5. The average Bonchev–Trinajstić information content (AvgIpc) is 3.48. The molecule has 0 bridgehead atoms. The molecule has 0 spiro atoms. The minimum Gasteiger partial charge on any atom is -0.349 e. The number of hydrogen-bond donors (Lipinski definition) is 1. The SMILES string of the molecule is O=C(CCCc1nc(-c2cccnc2)no1)NCc1noc(-c2cccs2)n1. The zero-order chi connectivity index (χ0) is 19.2. The monoisotopic (exact) mass is 396 g/mol. The number of pyridine rings is 1.